The molecule has 3 nitrogen and oxygen atoms in total. The van der Waals surface area contributed by atoms with Gasteiger partial charge in [-0.05, 0) is 65.4 Å². The first-order valence-electron chi connectivity index (χ1n) is 7.69. The Kier molecular flexibility index (Phi) is 5.15. The summed E-state index contributed by atoms with van der Waals surface area (Å²) in [5.41, 5.74) is 1.78. The number of benzene rings is 2. The highest BCUT2D eigenvalue weighted by atomic mass is 127. The van der Waals surface area contributed by atoms with E-state index >= 15 is 0 Å². The van der Waals surface area contributed by atoms with Gasteiger partial charge >= 0.3 is 0 Å². The molecule has 1 amide bonds. The number of halogens is 2. The molecule has 1 heterocycles. The third-order valence-corrected chi connectivity index (χ3v) is 5.02. The first-order valence-corrected chi connectivity index (χ1v) is 8.77. The van der Waals surface area contributed by atoms with Crippen molar-refractivity contribution in [2.24, 2.45) is 0 Å². The summed E-state index contributed by atoms with van der Waals surface area (Å²) in [5.74, 6) is -0.130. The Morgan fingerprint density at radius 2 is 1.70 bits per heavy atom. The Balaban J connectivity index is 1.70. The molecule has 0 spiro atoms. The molecule has 0 saturated carbocycles. The molecule has 1 saturated heterocycles. The predicted molar refractivity (Wildman–Crippen MR) is 98.3 cm³/mol. The molecule has 0 aromatic heterocycles. The van der Waals surface area contributed by atoms with Gasteiger partial charge in [0.25, 0.3) is 5.91 Å². The van der Waals surface area contributed by atoms with Crippen LogP contribution in [0.2, 0.25) is 0 Å². The maximum atomic E-state index is 13.1. The zero-order valence-electron chi connectivity index (χ0n) is 12.7. The monoisotopic (exact) mass is 424 g/mol. The van der Waals surface area contributed by atoms with Gasteiger partial charge in [-0.1, -0.05) is 12.1 Å². The van der Waals surface area contributed by atoms with Crippen LogP contribution in [0.1, 0.15) is 16.8 Å². The average molecular weight is 424 g/mol. The van der Waals surface area contributed by atoms with E-state index in [0.717, 1.165) is 40.9 Å². The average Bonchev–Trinajstić information content (AvgIpc) is 2.81. The molecular weight excluding hydrogens is 406 g/mol. The smallest absolute Gasteiger partial charge is 0.254 e. The van der Waals surface area contributed by atoms with Crippen molar-refractivity contribution in [3.63, 3.8) is 0 Å². The molecule has 5 heteroatoms. The lowest BCUT2D eigenvalue weighted by Crippen LogP contribution is -2.35. The maximum Gasteiger partial charge on any atom is 0.254 e. The number of carbonyl (C=O) groups is 1. The van der Waals surface area contributed by atoms with Crippen molar-refractivity contribution in [2.45, 2.75) is 6.42 Å². The molecular formula is C18H18FIN2O. The fourth-order valence-electron chi connectivity index (χ4n) is 2.84. The molecule has 0 aliphatic carbocycles. The Labute approximate surface area is 149 Å². The van der Waals surface area contributed by atoms with Crippen molar-refractivity contribution in [3.8, 4) is 0 Å². The molecule has 0 unspecified atom stereocenters. The van der Waals surface area contributed by atoms with E-state index in [1.165, 1.54) is 12.1 Å². The highest BCUT2D eigenvalue weighted by molar-refractivity contribution is 14.1. The third kappa shape index (κ3) is 3.83. The maximum absolute atomic E-state index is 13.1. The lowest BCUT2D eigenvalue weighted by Gasteiger charge is -2.24. The van der Waals surface area contributed by atoms with E-state index < -0.39 is 0 Å². The molecule has 1 aliphatic heterocycles. The van der Waals surface area contributed by atoms with E-state index in [-0.39, 0.29) is 11.7 Å². The molecule has 0 bridgehead atoms. The van der Waals surface area contributed by atoms with Crippen molar-refractivity contribution in [1.29, 1.82) is 0 Å². The zero-order chi connectivity index (χ0) is 16.2. The fourth-order valence-corrected chi connectivity index (χ4v) is 3.45. The standard InChI is InChI=1S/C18H18FIN2O/c19-14-6-8-15(9-7-14)21-10-3-11-22(13-12-21)18(23)16-4-1-2-5-17(16)20/h1-2,4-9H,3,10-13H2. The molecule has 2 aromatic carbocycles. The lowest BCUT2D eigenvalue weighted by atomic mass is 10.2. The minimum atomic E-state index is -0.223. The second-order valence-electron chi connectivity index (χ2n) is 5.59. The van der Waals surface area contributed by atoms with E-state index in [1.807, 2.05) is 29.2 Å². The zero-order valence-corrected chi connectivity index (χ0v) is 14.9. The van der Waals surface area contributed by atoms with Crippen LogP contribution in [0.25, 0.3) is 0 Å². The van der Waals surface area contributed by atoms with Crippen LogP contribution in [0.3, 0.4) is 0 Å². The van der Waals surface area contributed by atoms with Gasteiger partial charge in [0, 0.05) is 35.4 Å². The first-order chi connectivity index (χ1) is 11.1. The summed E-state index contributed by atoms with van der Waals surface area (Å²) in [7, 11) is 0. The van der Waals surface area contributed by atoms with E-state index in [9.17, 15) is 9.18 Å². The van der Waals surface area contributed by atoms with Crippen molar-refractivity contribution >= 4 is 34.2 Å². The Bertz CT molecular complexity index is 690. The highest BCUT2D eigenvalue weighted by Gasteiger charge is 2.21. The van der Waals surface area contributed by atoms with E-state index in [4.69, 9.17) is 0 Å². The second-order valence-corrected chi connectivity index (χ2v) is 6.75. The van der Waals surface area contributed by atoms with E-state index in [1.54, 1.807) is 12.1 Å². The molecule has 3 rings (SSSR count). The van der Waals surface area contributed by atoms with Crippen LogP contribution in [-0.4, -0.2) is 37.0 Å². The van der Waals surface area contributed by atoms with E-state index in [2.05, 4.69) is 27.5 Å². The van der Waals surface area contributed by atoms with Gasteiger partial charge in [0.2, 0.25) is 0 Å². The van der Waals surface area contributed by atoms with Gasteiger partial charge in [0.05, 0.1) is 5.56 Å². The fraction of sp³-hybridized carbons (Fsp3) is 0.278. The highest BCUT2D eigenvalue weighted by Crippen LogP contribution is 2.19. The molecule has 0 atom stereocenters. The number of hydrogen-bond donors (Lipinski definition) is 0. The van der Waals surface area contributed by atoms with Gasteiger partial charge in [-0.3, -0.25) is 4.79 Å². The largest absolute Gasteiger partial charge is 0.370 e. The third-order valence-electron chi connectivity index (χ3n) is 4.08. The van der Waals surface area contributed by atoms with Gasteiger partial charge in [-0.15, -0.1) is 0 Å². The van der Waals surface area contributed by atoms with Crippen LogP contribution in [0.5, 0.6) is 0 Å². The van der Waals surface area contributed by atoms with Crippen molar-refractivity contribution in [2.75, 3.05) is 31.1 Å². The van der Waals surface area contributed by atoms with Gasteiger partial charge in [0.1, 0.15) is 5.82 Å². The van der Waals surface area contributed by atoms with Gasteiger partial charge in [-0.25, -0.2) is 4.39 Å². The molecule has 120 valence electrons. The Morgan fingerprint density at radius 1 is 0.957 bits per heavy atom. The first kappa shape index (κ1) is 16.2. The van der Waals surface area contributed by atoms with Crippen LogP contribution < -0.4 is 4.90 Å². The Morgan fingerprint density at radius 3 is 2.43 bits per heavy atom. The van der Waals surface area contributed by atoms with Crippen molar-refractivity contribution in [1.82, 2.24) is 4.90 Å². The van der Waals surface area contributed by atoms with Crippen LogP contribution >= 0.6 is 22.6 Å². The van der Waals surface area contributed by atoms with Crippen molar-refractivity contribution < 1.29 is 9.18 Å². The number of hydrogen-bond acceptors (Lipinski definition) is 2. The van der Waals surface area contributed by atoms with Gasteiger partial charge < -0.3 is 9.80 Å². The van der Waals surface area contributed by atoms with E-state index in [0.29, 0.717) is 6.54 Å². The topological polar surface area (TPSA) is 23.6 Å². The molecule has 2 aromatic rings. The summed E-state index contributed by atoms with van der Waals surface area (Å²) in [5, 5.41) is 0. The molecule has 0 N–H and O–H groups in total. The Hall–Kier alpha value is -1.63. The summed E-state index contributed by atoms with van der Waals surface area (Å²) < 4.78 is 14.0. The number of carbonyl (C=O) groups excluding carboxylic acids is 1. The van der Waals surface area contributed by atoms with Crippen LogP contribution in [0.4, 0.5) is 10.1 Å². The molecule has 0 radical (unpaired) electrons. The van der Waals surface area contributed by atoms with Gasteiger partial charge in [0.15, 0.2) is 0 Å². The number of rotatable bonds is 2. The lowest BCUT2D eigenvalue weighted by molar-refractivity contribution is 0.0766. The molecule has 1 aliphatic rings. The minimum Gasteiger partial charge on any atom is -0.370 e. The van der Waals surface area contributed by atoms with Crippen LogP contribution in [-0.2, 0) is 0 Å². The normalized spacial score (nSPS) is 15.4. The number of anilines is 1. The van der Waals surface area contributed by atoms with Crippen LogP contribution in [0, 0.1) is 9.39 Å². The summed E-state index contributed by atoms with van der Waals surface area (Å²) in [6.07, 6.45) is 0.909. The summed E-state index contributed by atoms with van der Waals surface area (Å²) in [4.78, 5) is 16.8. The number of nitrogens with zero attached hydrogens (tertiary/aromatic N) is 2. The second kappa shape index (κ2) is 7.29. The van der Waals surface area contributed by atoms with Crippen molar-refractivity contribution in [3.05, 3.63) is 63.5 Å². The summed E-state index contributed by atoms with van der Waals surface area (Å²) in [6, 6.07) is 14.2. The summed E-state index contributed by atoms with van der Waals surface area (Å²) >= 11 is 2.20. The predicted octanol–water partition coefficient (Wildman–Crippen LogP) is 3.78. The molecule has 1 fully saturated rings. The summed E-state index contributed by atoms with van der Waals surface area (Å²) in [6.45, 7) is 3.07. The van der Waals surface area contributed by atoms with Crippen LogP contribution in [0.15, 0.2) is 48.5 Å². The molecule has 23 heavy (non-hydrogen) atoms. The SMILES string of the molecule is O=C(c1ccccc1I)N1CCCN(c2ccc(F)cc2)CC1. The minimum absolute atomic E-state index is 0.0935. The van der Waals surface area contributed by atoms with Gasteiger partial charge in [-0.2, -0.15) is 0 Å². The number of amides is 1. The quantitative estimate of drug-likeness (QED) is 0.686.